The first-order valence-electron chi connectivity index (χ1n) is 11.8. The van der Waals surface area contributed by atoms with E-state index in [1.165, 1.54) is 0 Å². The second-order valence-corrected chi connectivity index (χ2v) is 8.90. The number of carbonyl (C=O) groups excluding carboxylic acids is 4. The van der Waals surface area contributed by atoms with Crippen molar-refractivity contribution < 1.29 is 39.0 Å². The molecule has 0 aliphatic heterocycles. The van der Waals surface area contributed by atoms with Crippen LogP contribution in [0.3, 0.4) is 0 Å². The van der Waals surface area contributed by atoms with E-state index in [0.29, 0.717) is 13.0 Å². The van der Waals surface area contributed by atoms with E-state index in [4.69, 9.17) is 10.2 Å². The number of carboxylic acid groups (broad SMARTS) is 2. The van der Waals surface area contributed by atoms with Crippen LogP contribution in [0.2, 0.25) is 0 Å². The van der Waals surface area contributed by atoms with Gasteiger partial charge in [-0.15, -0.1) is 0 Å². The summed E-state index contributed by atoms with van der Waals surface area (Å²) in [5.74, 6) is -6.10. The van der Waals surface area contributed by atoms with Gasteiger partial charge in [-0.05, 0) is 37.2 Å². The van der Waals surface area contributed by atoms with Crippen LogP contribution in [0, 0.1) is 11.8 Å². The fourth-order valence-corrected chi connectivity index (χ4v) is 3.49. The highest BCUT2D eigenvalue weighted by molar-refractivity contribution is 6.02. The average Bonchev–Trinajstić information content (AvgIpc) is 2.82. The number of amides is 3. The minimum Gasteiger partial charge on any atom is -0.481 e. The summed E-state index contributed by atoms with van der Waals surface area (Å²) in [5.41, 5.74) is 1.10. The lowest BCUT2D eigenvalue weighted by Gasteiger charge is -2.23. The molecule has 3 atom stereocenters. The Hall–Kier alpha value is -3.76. The molecule has 5 N–H and O–H groups in total. The lowest BCUT2D eigenvalue weighted by Crippen LogP contribution is -2.52. The second-order valence-electron chi connectivity index (χ2n) is 8.90. The van der Waals surface area contributed by atoms with Gasteiger partial charge in [-0.3, -0.25) is 24.0 Å². The minimum absolute atomic E-state index is 0.0701. The Bertz CT molecular complexity index is 904. The molecular formula is C25H35N3O8. The number of hydrogen-bond donors (Lipinski definition) is 5. The topological polar surface area (TPSA) is 179 Å². The van der Waals surface area contributed by atoms with E-state index in [9.17, 15) is 28.8 Å². The van der Waals surface area contributed by atoms with Gasteiger partial charge < -0.3 is 31.0 Å². The van der Waals surface area contributed by atoms with Crippen molar-refractivity contribution in [2.75, 3.05) is 6.54 Å². The molecule has 11 nitrogen and oxygen atoms in total. The first-order chi connectivity index (χ1) is 17.0. The number of benzene rings is 1. The molecule has 0 aromatic heterocycles. The summed E-state index contributed by atoms with van der Waals surface area (Å²) in [6.45, 7) is 3.84. The van der Waals surface area contributed by atoms with Crippen molar-refractivity contribution in [1.82, 2.24) is 16.0 Å². The van der Waals surface area contributed by atoms with E-state index in [0.717, 1.165) is 12.0 Å². The third kappa shape index (κ3) is 12.1. The number of nitrogens with one attached hydrogen (secondary N) is 3. The molecule has 0 saturated heterocycles. The Labute approximate surface area is 210 Å². The lowest BCUT2D eigenvalue weighted by molar-refractivity contribution is -0.142. The molecule has 0 spiro atoms. The van der Waals surface area contributed by atoms with Crippen LogP contribution < -0.4 is 16.0 Å². The number of aliphatic carboxylic acids is 2. The van der Waals surface area contributed by atoms with Crippen LogP contribution in [0.4, 0.5) is 0 Å². The van der Waals surface area contributed by atoms with Gasteiger partial charge in [0, 0.05) is 13.0 Å². The van der Waals surface area contributed by atoms with Crippen LogP contribution >= 0.6 is 0 Å². The van der Waals surface area contributed by atoms with Gasteiger partial charge in [-0.25, -0.2) is 0 Å². The van der Waals surface area contributed by atoms with E-state index < -0.39 is 54.1 Å². The molecule has 0 aliphatic rings. The third-order valence-electron chi connectivity index (χ3n) is 5.29. The normalized spacial score (nSPS) is 13.2. The van der Waals surface area contributed by atoms with Crippen LogP contribution in [0.25, 0.3) is 0 Å². The van der Waals surface area contributed by atoms with Crippen LogP contribution in [-0.2, 0) is 35.2 Å². The van der Waals surface area contributed by atoms with Gasteiger partial charge in [-0.2, -0.15) is 0 Å². The Kier molecular flexibility index (Phi) is 13.5. The Morgan fingerprint density at radius 3 is 2.11 bits per heavy atom. The summed E-state index contributed by atoms with van der Waals surface area (Å²) in [7, 11) is 0. The highest BCUT2D eigenvalue weighted by atomic mass is 16.4. The molecule has 11 heteroatoms. The molecular weight excluding hydrogens is 470 g/mol. The molecule has 0 bridgehead atoms. The third-order valence-corrected chi connectivity index (χ3v) is 5.29. The van der Waals surface area contributed by atoms with E-state index in [1.807, 2.05) is 30.3 Å². The number of aldehydes is 1. The van der Waals surface area contributed by atoms with Crippen LogP contribution in [0.5, 0.6) is 0 Å². The molecule has 0 fully saturated rings. The van der Waals surface area contributed by atoms with Crippen molar-refractivity contribution in [1.29, 1.82) is 0 Å². The molecule has 0 saturated carbocycles. The Balaban J connectivity index is 2.84. The molecule has 1 aromatic carbocycles. The highest BCUT2D eigenvalue weighted by Crippen LogP contribution is 2.14. The molecule has 0 heterocycles. The summed E-state index contributed by atoms with van der Waals surface area (Å²) in [5, 5.41) is 25.3. The zero-order valence-corrected chi connectivity index (χ0v) is 20.6. The number of carbonyl (C=O) groups is 6. The van der Waals surface area contributed by atoms with Gasteiger partial charge in [-0.1, -0.05) is 44.2 Å². The fraction of sp³-hybridized carbons (Fsp3) is 0.520. The molecule has 3 unspecified atom stereocenters. The highest BCUT2D eigenvalue weighted by Gasteiger charge is 2.32. The zero-order chi connectivity index (χ0) is 27.1. The monoisotopic (exact) mass is 505 g/mol. The zero-order valence-electron chi connectivity index (χ0n) is 20.6. The quantitative estimate of drug-likeness (QED) is 0.118. The summed E-state index contributed by atoms with van der Waals surface area (Å²) in [4.78, 5) is 71.5. The minimum atomic E-state index is -1.31. The van der Waals surface area contributed by atoms with Crippen molar-refractivity contribution in [2.45, 2.75) is 64.5 Å². The summed E-state index contributed by atoms with van der Waals surface area (Å²) in [6, 6.07) is 7.15. The maximum atomic E-state index is 13.0. The fourth-order valence-electron chi connectivity index (χ4n) is 3.49. The molecule has 0 aliphatic carbocycles. The van der Waals surface area contributed by atoms with E-state index in [-0.39, 0.29) is 31.5 Å². The smallest absolute Gasteiger partial charge is 0.305 e. The predicted molar refractivity (Wildman–Crippen MR) is 130 cm³/mol. The van der Waals surface area contributed by atoms with Crippen molar-refractivity contribution in [3.63, 3.8) is 0 Å². The molecule has 1 rings (SSSR count). The first kappa shape index (κ1) is 30.3. The van der Waals surface area contributed by atoms with Gasteiger partial charge in [0.05, 0.1) is 12.5 Å². The average molecular weight is 506 g/mol. The van der Waals surface area contributed by atoms with Gasteiger partial charge in [0.15, 0.2) is 0 Å². The Morgan fingerprint density at radius 2 is 1.56 bits per heavy atom. The van der Waals surface area contributed by atoms with Crippen molar-refractivity contribution in [2.24, 2.45) is 11.8 Å². The van der Waals surface area contributed by atoms with E-state index >= 15 is 0 Å². The van der Waals surface area contributed by atoms with Gasteiger partial charge in [0.25, 0.3) is 0 Å². The first-order valence-corrected chi connectivity index (χ1v) is 11.8. The summed E-state index contributed by atoms with van der Waals surface area (Å²) >= 11 is 0. The number of carboxylic acids is 2. The SMILES string of the molecule is CC(C)CC(C(=O)NC(C=O)CC(=O)O)C(=O)NC(CCC(=O)O)C(=O)NCCCc1ccccc1. The van der Waals surface area contributed by atoms with Crippen LogP contribution in [-0.4, -0.2) is 64.8 Å². The van der Waals surface area contributed by atoms with Crippen molar-refractivity contribution >= 4 is 35.9 Å². The van der Waals surface area contributed by atoms with Gasteiger partial charge in [0.1, 0.15) is 18.2 Å². The van der Waals surface area contributed by atoms with E-state index in [1.54, 1.807) is 13.8 Å². The molecule has 198 valence electrons. The van der Waals surface area contributed by atoms with Gasteiger partial charge >= 0.3 is 11.9 Å². The van der Waals surface area contributed by atoms with Crippen molar-refractivity contribution in [3.8, 4) is 0 Å². The maximum absolute atomic E-state index is 13.0. The maximum Gasteiger partial charge on any atom is 0.305 e. The second kappa shape index (κ2) is 16.0. The Morgan fingerprint density at radius 1 is 0.917 bits per heavy atom. The molecule has 1 aromatic rings. The number of hydrogen-bond acceptors (Lipinski definition) is 6. The molecule has 0 radical (unpaired) electrons. The predicted octanol–water partition coefficient (Wildman–Crippen LogP) is 0.906. The van der Waals surface area contributed by atoms with E-state index in [2.05, 4.69) is 16.0 Å². The summed E-state index contributed by atoms with van der Waals surface area (Å²) < 4.78 is 0. The summed E-state index contributed by atoms with van der Waals surface area (Å²) in [6.07, 6.45) is 0.489. The molecule has 3 amide bonds. The molecule has 36 heavy (non-hydrogen) atoms. The van der Waals surface area contributed by atoms with Crippen LogP contribution in [0.15, 0.2) is 30.3 Å². The van der Waals surface area contributed by atoms with Crippen LogP contribution in [0.1, 0.15) is 51.5 Å². The number of aryl methyl sites for hydroxylation is 1. The standard InChI is InChI=1S/C25H35N3O8/c1-16(2)13-19(23(34)27-18(15-29)14-22(32)33)24(35)28-20(10-11-21(30)31)25(36)26-12-6-9-17-7-4-3-5-8-17/h3-5,7-8,15-16,18-20H,6,9-14H2,1-2H3,(H,26,36)(H,27,34)(H,28,35)(H,30,31)(H,32,33). The number of rotatable bonds is 17. The van der Waals surface area contributed by atoms with Gasteiger partial charge in [0.2, 0.25) is 17.7 Å². The largest absolute Gasteiger partial charge is 0.481 e. The van der Waals surface area contributed by atoms with Crippen molar-refractivity contribution in [3.05, 3.63) is 35.9 Å². The lowest BCUT2D eigenvalue weighted by atomic mass is 9.94.